The molecule has 19 heavy (non-hydrogen) atoms. The molecule has 0 saturated heterocycles. The molecule has 3 nitrogen and oxygen atoms in total. The molecule has 2 N–H and O–H groups in total. The molecule has 0 saturated carbocycles. The van der Waals surface area contributed by atoms with Gasteiger partial charge in [-0.05, 0) is 29.8 Å². The van der Waals surface area contributed by atoms with E-state index in [9.17, 15) is 0 Å². The highest BCUT2D eigenvalue weighted by molar-refractivity contribution is 6.39. The Hall–Kier alpha value is -2.02. The zero-order chi connectivity index (χ0) is 13.8. The summed E-state index contributed by atoms with van der Waals surface area (Å²) < 4.78 is 0. The quantitative estimate of drug-likeness (QED) is 0.665. The van der Waals surface area contributed by atoms with Crippen molar-refractivity contribution < 1.29 is 0 Å². The number of nitriles is 1. The first kappa shape index (κ1) is 13.4. The third-order valence-corrected chi connectivity index (χ3v) is 3.09. The molecule has 5 heteroatoms. The zero-order valence-electron chi connectivity index (χ0n) is 9.77. The third kappa shape index (κ3) is 3.25. The molecular weight excluding hydrogens is 281 g/mol. The Labute approximate surface area is 120 Å². The Morgan fingerprint density at radius 1 is 1.11 bits per heavy atom. The van der Waals surface area contributed by atoms with Gasteiger partial charge in [-0.1, -0.05) is 35.3 Å². The van der Waals surface area contributed by atoms with Crippen LogP contribution in [-0.2, 0) is 0 Å². The summed E-state index contributed by atoms with van der Waals surface area (Å²) in [4.78, 5) is 4.26. The maximum absolute atomic E-state index is 8.70. The Morgan fingerprint density at radius 3 is 2.21 bits per heavy atom. The van der Waals surface area contributed by atoms with Gasteiger partial charge in [-0.15, -0.1) is 0 Å². The molecule has 0 spiro atoms. The van der Waals surface area contributed by atoms with Gasteiger partial charge < -0.3 is 5.73 Å². The molecule has 0 aliphatic carbocycles. The van der Waals surface area contributed by atoms with Gasteiger partial charge in [0, 0.05) is 6.21 Å². The fourth-order valence-corrected chi connectivity index (χ4v) is 1.91. The van der Waals surface area contributed by atoms with Crippen molar-refractivity contribution in [2.75, 3.05) is 5.73 Å². The van der Waals surface area contributed by atoms with Crippen LogP contribution in [0.15, 0.2) is 41.4 Å². The number of aliphatic imine (C=N–C) groups is 1. The Bertz CT molecular complexity index is 647. The molecule has 0 aliphatic rings. The fourth-order valence-electron chi connectivity index (χ4n) is 1.44. The monoisotopic (exact) mass is 289 g/mol. The van der Waals surface area contributed by atoms with Gasteiger partial charge >= 0.3 is 0 Å². The number of hydrogen-bond acceptors (Lipinski definition) is 3. The van der Waals surface area contributed by atoms with Gasteiger partial charge in [-0.2, -0.15) is 5.26 Å². The summed E-state index contributed by atoms with van der Waals surface area (Å²) in [6, 6.07) is 12.4. The molecule has 0 aromatic heterocycles. The second kappa shape index (κ2) is 5.75. The minimum Gasteiger partial charge on any atom is -0.396 e. The van der Waals surface area contributed by atoms with Crippen LogP contribution in [0.3, 0.4) is 0 Å². The summed E-state index contributed by atoms with van der Waals surface area (Å²) in [6.07, 6.45) is 1.67. The van der Waals surface area contributed by atoms with E-state index in [1.165, 1.54) is 0 Å². The number of halogens is 2. The first-order chi connectivity index (χ1) is 9.10. The third-order valence-electron chi connectivity index (χ3n) is 2.47. The topological polar surface area (TPSA) is 62.2 Å². The molecule has 0 unspecified atom stereocenters. The van der Waals surface area contributed by atoms with E-state index in [4.69, 9.17) is 34.2 Å². The predicted molar refractivity (Wildman–Crippen MR) is 79.3 cm³/mol. The van der Waals surface area contributed by atoms with Gasteiger partial charge in [0.15, 0.2) is 0 Å². The van der Waals surface area contributed by atoms with Crippen LogP contribution in [0.5, 0.6) is 0 Å². The predicted octanol–water partition coefficient (Wildman–Crippen LogP) is 4.20. The summed E-state index contributed by atoms with van der Waals surface area (Å²) in [5, 5.41) is 9.45. The Morgan fingerprint density at radius 2 is 1.68 bits per heavy atom. The van der Waals surface area contributed by atoms with Gasteiger partial charge in [0.05, 0.1) is 33.1 Å². The van der Waals surface area contributed by atoms with E-state index in [1.807, 2.05) is 12.1 Å². The molecule has 2 rings (SSSR count). The first-order valence-corrected chi connectivity index (χ1v) is 6.14. The van der Waals surface area contributed by atoms with Crippen molar-refractivity contribution in [2.45, 2.75) is 0 Å². The minimum absolute atomic E-state index is 0.348. The number of anilines is 1. The maximum atomic E-state index is 8.70. The largest absolute Gasteiger partial charge is 0.396 e. The van der Waals surface area contributed by atoms with E-state index in [0.717, 1.165) is 5.56 Å². The number of hydrogen-bond donors (Lipinski definition) is 1. The van der Waals surface area contributed by atoms with Crippen LogP contribution >= 0.6 is 23.2 Å². The lowest BCUT2D eigenvalue weighted by Crippen LogP contribution is -1.87. The molecule has 0 aliphatic heterocycles. The number of nitrogens with zero attached hydrogens (tertiary/aromatic N) is 2. The average molecular weight is 290 g/mol. The first-order valence-electron chi connectivity index (χ1n) is 5.39. The standard InChI is InChI=1S/C14H9Cl2N3/c15-12-5-11(6-13(16)14(12)18)19-8-10-3-1-9(7-17)2-4-10/h1-6,8H,18H2. The molecule has 0 bridgehead atoms. The molecule has 2 aromatic carbocycles. The highest BCUT2D eigenvalue weighted by Crippen LogP contribution is 2.32. The summed E-state index contributed by atoms with van der Waals surface area (Å²) in [7, 11) is 0. The van der Waals surface area contributed by atoms with Crippen LogP contribution in [0.1, 0.15) is 11.1 Å². The summed E-state index contributed by atoms with van der Waals surface area (Å²) in [6.45, 7) is 0. The average Bonchev–Trinajstić information content (AvgIpc) is 2.43. The molecule has 0 atom stereocenters. The van der Waals surface area contributed by atoms with Crippen LogP contribution in [0.4, 0.5) is 11.4 Å². The van der Waals surface area contributed by atoms with Gasteiger partial charge in [0.2, 0.25) is 0 Å². The van der Waals surface area contributed by atoms with Crippen molar-refractivity contribution >= 4 is 40.8 Å². The van der Waals surface area contributed by atoms with Crippen LogP contribution in [-0.4, -0.2) is 6.21 Å². The lowest BCUT2D eigenvalue weighted by molar-refractivity contribution is 1.48. The minimum atomic E-state index is 0.348. The van der Waals surface area contributed by atoms with Crippen LogP contribution < -0.4 is 5.73 Å². The number of benzene rings is 2. The molecule has 2 aromatic rings. The zero-order valence-corrected chi connectivity index (χ0v) is 11.3. The van der Waals surface area contributed by atoms with Crippen LogP contribution in [0, 0.1) is 11.3 Å². The molecular formula is C14H9Cl2N3. The smallest absolute Gasteiger partial charge is 0.0991 e. The highest BCUT2D eigenvalue weighted by Gasteiger charge is 2.03. The van der Waals surface area contributed by atoms with E-state index >= 15 is 0 Å². The fraction of sp³-hybridized carbons (Fsp3) is 0. The molecule has 0 amide bonds. The molecule has 0 fully saturated rings. The van der Waals surface area contributed by atoms with Gasteiger partial charge in [-0.3, -0.25) is 4.99 Å². The summed E-state index contributed by atoms with van der Waals surface area (Å²) in [5.74, 6) is 0. The lowest BCUT2D eigenvalue weighted by Gasteiger charge is -2.02. The van der Waals surface area contributed by atoms with Crippen LogP contribution in [0.2, 0.25) is 10.0 Å². The van der Waals surface area contributed by atoms with Gasteiger partial charge in [-0.25, -0.2) is 0 Å². The van der Waals surface area contributed by atoms with Crippen molar-refractivity contribution in [1.29, 1.82) is 5.26 Å². The Kier molecular flexibility index (Phi) is 4.06. The second-order valence-corrected chi connectivity index (χ2v) is 4.63. The van der Waals surface area contributed by atoms with E-state index in [1.54, 1.807) is 30.5 Å². The second-order valence-electron chi connectivity index (χ2n) is 3.82. The molecule has 0 radical (unpaired) electrons. The van der Waals surface area contributed by atoms with Crippen molar-refractivity contribution in [3.8, 4) is 6.07 Å². The van der Waals surface area contributed by atoms with Crippen molar-refractivity contribution in [3.63, 3.8) is 0 Å². The Balaban J connectivity index is 2.25. The van der Waals surface area contributed by atoms with Gasteiger partial charge in [0.1, 0.15) is 0 Å². The van der Waals surface area contributed by atoms with Crippen molar-refractivity contribution in [2.24, 2.45) is 4.99 Å². The molecule has 0 heterocycles. The van der Waals surface area contributed by atoms with E-state index in [2.05, 4.69) is 11.1 Å². The van der Waals surface area contributed by atoms with Crippen molar-refractivity contribution in [1.82, 2.24) is 0 Å². The lowest BCUT2D eigenvalue weighted by atomic mass is 10.2. The maximum Gasteiger partial charge on any atom is 0.0991 e. The van der Waals surface area contributed by atoms with E-state index in [-0.39, 0.29) is 0 Å². The number of nitrogen functional groups attached to an aromatic ring is 1. The highest BCUT2D eigenvalue weighted by atomic mass is 35.5. The summed E-state index contributed by atoms with van der Waals surface area (Å²) >= 11 is 11.8. The van der Waals surface area contributed by atoms with E-state index < -0.39 is 0 Å². The van der Waals surface area contributed by atoms with Crippen LogP contribution in [0.25, 0.3) is 0 Å². The van der Waals surface area contributed by atoms with Gasteiger partial charge in [0.25, 0.3) is 0 Å². The normalized spacial score (nSPS) is 10.6. The van der Waals surface area contributed by atoms with E-state index in [0.29, 0.717) is 27.0 Å². The van der Waals surface area contributed by atoms with Crippen molar-refractivity contribution in [3.05, 3.63) is 57.6 Å². The SMILES string of the molecule is N#Cc1ccc(C=Nc2cc(Cl)c(N)c(Cl)c2)cc1. The number of nitrogens with two attached hydrogens (primary N) is 1. The molecule has 94 valence electrons. The summed E-state index contributed by atoms with van der Waals surface area (Å²) in [5.41, 5.74) is 8.10. The number of rotatable bonds is 2.